The van der Waals surface area contributed by atoms with E-state index >= 15 is 0 Å². The van der Waals surface area contributed by atoms with Crippen LogP contribution in [0.5, 0.6) is 0 Å². The van der Waals surface area contributed by atoms with Gasteiger partial charge in [0.25, 0.3) is 0 Å². The minimum absolute atomic E-state index is 0.00740. The highest BCUT2D eigenvalue weighted by Crippen LogP contribution is 2.09. The molecule has 0 aliphatic rings. The maximum Gasteiger partial charge on any atom is 0.328 e. The zero-order valence-corrected chi connectivity index (χ0v) is 20.3. The summed E-state index contributed by atoms with van der Waals surface area (Å²) in [5.74, 6) is -3.56. The number of hydrogen-bond acceptors (Lipinski definition) is 8. The fourth-order valence-corrected chi connectivity index (χ4v) is 3.30. The van der Waals surface area contributed by atoms with Gasteiger partial charge in [-0.2, -0.15) is 11.8 Å². The van der Waals surface area contributed by atoms with E-state index < -0.39 is 59.9 Å². The number of thioether (sulfide) groups is 1. The first-order valence-corrected chi connectivity index (χ1v) is 12.0. The van der Waals surface area contributed by atoms with E-state index in [9.17, 15) is 34.2 Å². The van der Waals surface area contributed by atoms with Crippen LogP contribution in [0, 0.1) is 5.92 Å². The van der Waals surface area contributed by atoms with Crippen LogP contribution in [-0.2, 0) is 24.0 Å². The molecular weight excluding hydrogens is 454 g/mol. The average molecular weight is 492 g/mol. The number of rotatable bonds is 16. The Bertz CT molecular complexity index is 690. The molecule has 5 atom stereocenters. The Morgan fingerprint density at radius 2 is 1.45 bits per heavy atom. The molecule has 0 aliphatic carbocycles. The number of aliphatic hydroxyl groups is 1. The van der Waals surface area contributed by atoms with E-state index in [1.165, 1.54) is 18.7 Å². The van der Waals surface area contributed by atoms with Crippen LogP contribution in [0.2, 0.25) is 0 Å². The van der Waals surface area contributed by atoms with Crippen LogP contribution >= 0.6 is 11.8 Å². The summed E-state index contributed by atoms with van der Waals surface area (Å²) in [6.07, 6.45) is 0.848. The van der Waals surface area contributed by atoms with Crippen LogP contribution in [0.1, 0.15) is 46.5 Å². The van der Waals surface area contributed by atoms with Crippen LogP contribution in [0.4, 0.5) is 0 Å². The van der Waals surface area contributed by atoms with E-state index in [0.717, 1.165) is 0 Å². The summed E-state index contributed by atoms with van der Waals surface area (Å²) in [4.78, 5) is 60.2. The maximum absolute atomic E-state index is 12.9. The summed E-state index contributed by atoms with van der Waals surface area (Å²) >= 11 is 1.43. The molecule has 0 saturated heterocycles. The lowest BCUT2D eigenvalue weighted by Gasteiger charge is -2.26. The lowest BCUT2D eigenvalue weighted by molar-refractivity contribution is -0.145. The highest BCUT2D eigenvalue weighted by molar-refractivity contribution is 7.98. The zero-order chi connectivity index (χ0) is 25.7. The summed E-state index contributed by atoms with van der Waals surface area (Å²) in [6, 6.07) is -4.67. The molecule has 0 aliphatic heterocycles. The molecule has 4 amide bonds. The molecule has 0 fully saturated rings. The van der Waals surface area contributed by atoms with Crippen LogP contribution in [-0.4, -0.2) is 82.1 Å². The van der Waals surface area contributed by atoms with Gasteiger partial charge in [0.1, 0.15) is 12.1 Å². The third-order valence-electron chi connectivity index (χ3n) is 4.67. The van der Waals surface area contributed by atoms with Crippen molar-refractivity contribution in [2.24, 2.45) is 17.4 Å². The number of hydrogen-bond donors (Lipinski definition) is 7. The van der Waals surface area contributed by atoms with E-state index in [1.54, 1.807) is 0 Å². The molecule has 190 valence electrons. The van der Waals surface area contributed by atoms with Crippen molar-refractivity contribution in [1.82, 2.24) is 16.0 Å². The van der Waals surface area contributed by atoms with Crippen LogP contribution in [0.15, 0.2) is 0 Å². The van der Waals surface area contributed by atoms with Crippen LogP contribution in [0.3, 0.4) is 0 Å². The number of nitrogens with one attached hydrogen (secondary N) is 3. The molecule has 0 aromatic heterocycles. The molecule has 0 spiro atoms. The van der Waals surface area contributed by atoms with E-state index in [-0.39, 0.29) is 31.6 Å². The molecular formula is C20H37N5O7S. The van der Waals surface area contributed by atoms with Crippen molar-refractivity contribution in [1.29, 1.82) is 0 Å². The standard InChI is InChI=1S/C20H37N5O7S/c1-10(2)9-14(24-17(28)12(21)5-6-15(22)27)19(30)23-13(7-8-33-4)18(29)25-16(11(3)26)20(31)32/h10-14,16,26H,5-9,21H2,1-4H3,(H2,22,27)(H,23,30)(H,24,28)(H,25,29)(H,31,32). The first-order valence-electron chi connectivity index (χ1n) is 10.6. The first-order chi connectivity index (χ1) is 15.3. The van der Waals surface area contributed by atoms with Crippen molar-refractivity contribution in [2.75, 3.05) is 12.0 Å². The predicted octanol–water partition coefficient (Wildman–Crippen LogP) is -1.70. The molecule has 12 nitrogen and oxygen atoms in total. The number of carbonyl (C=O) groups excluding carboxylic acids is 4. The molecule has 5 unspecified atom stereocenters. The Morgan fingerprint density at radius 3 is 1.91 bits per heavy atom. The smallest absolute Gasteiger partial charge is 0.328 e. The number of carboxylic acid groups (broad SMARTS) is 1. The number of amides is 4. The molecule has 13 heteroatoms. The highest BCUT2D eigenvalue weighted by atomic mass is 32.2. The summed E-state index contributed by atoms with van der Waals surface area (Å²) in [5.41, 5.74) is 10.8. The van der Waals surface area contributed by atoms with Crippen molar-refractivity contribution in [3.63, 3.8) is 0 Å². The second-order valence-electron chi connectivity index (χ2n) is 8.21. The van der Waals surface area contributed by atoms with Crippen LogP contribution < -0.4 is 27.4 Å². The monoisotopic (exact) mass is 491 g/mol. The highest BCUT2D eigenvalue weighted by Gasteiger charge is 2.32. The summed E-state index contributed by atoms with van der Waals surface area (Å²) in [5, 5.41) is 26.2. The van der Waals surface area contributed by atoms with Gasteiger partial charge in [0.05, 0.1) is 12.1 Å². The Balaban J connectivity index is 5.42. The molecule has 33 heavy (non-hydrogen) atoms. The van der Waals surface area contributed by atoms with Crippen molar-refractivity contribution in [2.45, 2.75) is 76.7 Å². The molecule has 0 bridgehead atoms. The quantitative estimate of drug-likeness (QED) is 0.131. The third kappa shape index (κ3) is 12.4. The predicted molar refractivity (Wildman–Crippen MR) is 124 cm³/mol. The Morgan fingerprint density at radius 1 is 0.909 bits per heavy atom. The van der Waals surface area contributed by atoms with Crippen molar-refractivity contribution in [3.05, 3.63) is 0 Å². The number of nitrogens with two attached hydrogens (primary N) is 2. The normalized spacial score (nSPS) is 15.6. The number of aliphatic carboxylic acids is 1. The Labute approximate surface area is 198 Å². The van der Waals surface area contributed by atoms with Gasteiger partial charge in [0.2, 0.25) is 23.6 Å². The number of carbonyl (C=O) groups is 5. The van der Waals surface area contributed by atoms with Gasteiger partial charge >= 0.3 is 5.97 Å². The van der Waals surface area contributed by atoms with Gasteiger partial charge in [-0.05, 0) is 44.1 Å². The number of primary amides is 1. The van der Waals surface area contributed by atoms with Crippen molar-refractivity contribution in [3.8, 4) is 0 Å². The van der Waals surface area contributed by atoms with Gasteiger partial charge in [0, 0.05) is 6.42 Å². The van der Waals surface area contributed by atoms with Gasteiger partial charge in [-0.25, -0.2) is 4.79 Å². The fraction of sp³-hybridized carbons (Fsp3) is 0.750. The van der Waals surface area contributed by atoms with E-state index in [4.69, 9.17) is 11.5 Å². The summed E-state index contributed by atoms with van der Waals surface area (Å²) in [6.45, 7) is 4.92. The second-order valence-corrected chi connectivity index (χ2v) is 9.20. The molecule has 0 heterocycles. The van der Waals surface area contributed by atoms with E-state index in [2.05, 4.69) is 16.0 Å². The molecule has 0 saturated carbocycles. The van der Waals surface area contributed by atoms with E-state index in [0.29, 0.717) is 5.75 Å². The molecule has 0 radical (unpaired) electrons. The largest absolute Gasteiger partial charge is 0.480 e. The fourth-order valence-electron chi connectivity index (χ4n) is 2.83. The molecule has 0 rings (SSSR count). The number of aliphatic hydroxyl groups excluding tert-OH is 1. The van der Waals surface area contributed by atoms with Gasteiger partial charge < -0.3 is 37.6 Å². The Hall–Kier alpha value is -2.38. The summed E-state index contributed by atoms with van der Waals surface area (Å²) < 4.78 is 0. The second kappa shape index (κ2) is 15.5. The SMILES string of the molecule is CSCCC(NC(=O)C(CC(C)C)NC(=O)C(N)CCC(N)=O)C(=O)NC(C(=O)O)C(C)O. The molecule has 0 aromatic carbocycles. The van der Waals surface area contributed by atoms with Crippen molar-refractivity contribution < 1.29 is 34.2 Å². The topological polar surface area (TPSA) is 214 Å². The van der Waals surface area contributed by atoms with Gasteiger partial charge in [-0.15, -0.1) is 0 Å². The van der Waals surface area contributed by atoms with Crippen molar-refractivity contribution >= 4 is 41.4 Å². The molecule has 0 aromatic rings. The van der Waals surface area contributed by atoms with Gasteiger partial charge in [-0.1, -0.05) is 13.8 Å². The number of carboxylic acids is 1. The minimum atomic E-state index is -1.54. The lowest BCUT2D eigenvalue weighted by atomic mass is 10.0. The lowest BCUT2D eigenvalue weighted by Crippen LogP contribution is -2.58. The zero-order valence-electron chi connectivity index (χ0n) is 19.5. The summed E-state index contributed by atoms with van der Waals surface area (Å²) in [7, 11) is 0. The van der Waals surface area contributed by atoms with Crippen LogP contribution in [0.25, 0.3) is 0 Å². The van der Waals surface area contributed by atoms with E-state index in [1.807, 2.05) is 20.1 Å². The molecule has 9 N–H and O–H groups in total. The van der Waals surface area contributed by atoms with Gasteiger partial charge in [-0.3, -0.25) is 19.2 Å². The Kier molecular flexibility index (Phi) is 14.3. The average Bonchev–Trinajstić information content (AvgIpc) is 2.71. The first kappa shape index (κ1) is 30.6. The maximum atomic E-state index is 12.9. The third-order valence-corrected chi connectivity index (χ3v) is 5.31. The van der Waals surface area contributed by atoms with Gasteiger partial charge in [0.15, 0.2) is 6.04 Å². The minimum Gasteiger partial charge on any atom is -0.480 e.